The summed E-state index contributed by atoms with van der Waals surface area (Å²) in [5.74, 6) is 0.918. The molecule has 0 radical (unpaired) electrons. The predicted molar refractivity (Wildman–Crippen MR) is 114 cm³/mol. The van der Waals surface area contributed by atoms with E-state index in [1.54, 1.807) is 20.1 Å². The highest BCUT2D eigenvalue weighted by atomic mass is 16.7. The van der Waals surface area contributed by atoms with Gasteiger partial charge in [-0.25, -0.2) is 9.97 Å². The monoisotopic (exact) mass is 442 g/mol. The molecule has 2 aliphatic heterocycles. The molecule has 4 rings (SSSR count). The molecule has 10 nitrogen and oxygen atoms in total. The van der Waals surface area contributed by atoms with Crippen LogP contribution < -0.4 is 10.1 Å². The van der Waals surface area contributed by atoms with Crippen LogP contribution in [0.2, 0.25) is 0 Å². The molecule has 1 fully saturated rings. The fourth-order valence-corrected chi connectivity index (χ4v) is 3.47. The summed E-state index contributed by atoms with van der Waals surface area (Å²) in [4.78, 5) is 26.9. The van der Waals surface area contributed by atoms with Crippen molar-refractivity contribution in [2.75, 3.05) is 26.9 Å². The van der Waals surface area contributed by atoms with Crippen molar-refractivity contribution in [1.29, 1.82) is 0 Å². The summed E-state index contributed by atoms with van der Waals surface area (Å²) in [5, 5.41) is 16.2. The first kappa shape index (κ1) is 22.1. The van der Waals surface area contributed by atoms with Crippen LogP contribution in [0.3, 0.4) is 0 Å². The zero-order valence-corrected chi connectivity index (χ0v) is 18.0. The Kier molecular flexibility index (Phi) is 6.93. The van der Waals surface area contributed by atoms with Gasteiger partial charge in [0.15, 0.2) is 6.10 Å². The minimum atomic E-state index is -0.313. The molecule has 0 aliphatic carbocycles. The van der Waals surface area contributed by atoms with Gasteiger partial charge >= 0.3 is 0 Å². The quantitative estimate of drug-likeness (QED) is 0.651. The normalized spacial score (nSPS) is 22.7. The second-order valence-corrected chi connectivity index (χ2v) is 7.61. The second-order valence-electron chi connectivity index (χ2n) is 7.61. The number of benzene rings is 1. The third-order valence-electron chi connectivity index (χ3n) is 5.28. The molecular formula is C22H26N4O6. The Morgan fingerprint density at radius 1 is 1.19 bits per heavy atom. The summed E-state index contributed by atoms with van der Waals surface area (Å²) < 4.78 is 16.4. The van der Waals surface area contributed by atoms with E-state index in [1.807, 2.05) is 24.3 Å². The number of carbonyl (C=O) groups is 1. The maximum atomic E-state index is 12.7. The zero-order chi connectivity index (χ0) is 22.5. The summed E-state index contributed by atoms with van der Waals surface area (Å²) in [6, 6.07) is 9.07. The van der Waals surface area contributed by atoms with Gasteiger partial charge in [-0.05, 0) is 30.7 Å². The molecule has 3 atom stereocenters. The minimum absolute atomic E-state index is 0.0798. The highest BCUT2D eigenvalue weighted by Crippen LogP contribution is 2.23. The van der Waals surface area contributed by atoms with Crippen LogP contribution in [-0.4, -0.2) is 71.9 Å². The van der Waals surface area contributed by atoms with E-state index in [4.69, 9.17) is 24.2 Å². The number of methoxy groups -OCH3 is 1. The number of hydrogen-bond donors (Lipinski definition) is 2. The Morgan fingerprint density at radius 2 is 2.00 bits per heavy atom. The van der Waals surface area contributed by atoms with Crippen molar-refractivity contribution in [3.8, 4) is 5.75 Å². The number of nitrogens with zero attached hydrogens (tertiary/aromatic N) is 3. The van der Waals surface area contributed by atoms with Gasteiger partial charge in [0.2, 0.25) is 0 Å². The van der Waals surface area contributed by atoms with Crippen LogP contribution in [0.5, 0.6) is 5.75 Å². The number of nitrogens with one attached hydrogen (secondary N) is 1. The first-order chi connectivity index (χ1) is 15.6. The first-order valence-corrected chi connectivity index (χ1v) is 10.4. The van der Waals surface area contributed by atoms with Crippen molar-refractivity contribution in [3.05, 3.63) is 53.1 Å². The van der Waals surface area contributed by atoms with Gasteiger partial charge in [-0.15, -0.1) is 0 Å². The molecule has 2 aromatic rings. The maximum Gasteiger partial charge on any atom is 0.270 e. The summed E-state index contributed by atoms with van der Waals surface area (Å²) in [5.41, 5.74) is 2.37. The average Bonchev–Trinajstić information content (AvgIpc) is 3.33. The van der Waals surface area contributed by atoms with Crippen LogP contribution in [0.25, 0.3) is 0 Å². The van der Waals surface area contributed by atoms with Crippen LogP contribution in [-0.2, 0) is 20.9 Å². The molecule has 0 saturated carbocycles. The smallest absolute Gasteiger partial charge is 0.270 e. The lowest BCUT2D eigenvalue weighted by Crippen LogP contribution is -2.43. The van der Waals surface area contributed by atoms with Crippen molar-refractivity contribution in [2.45, 2.75) is 38.2 Å². The van der Waals surface area contributed by atoms with Gasteiger partial charge in [0.05, 0.1) is 32.6 Å². The van der Waals surface area contributed by atoms with E-state index in [2.05, 4.69) is 20.4 Å². The van der Waals surface area contributed by atoms with Crippen molar-refractivity contribution in [2.24, 2.45) is 5.16 Å². The molecule has 2 aliphatic rings. The van der Waals surface area contributed by atoms with Gasteiger partial charge in [0, 0.05) is 13.0 Å². The number of oxime groups is 1. The lowest BCUT2D eigenvalue weighted by Gasteiger charge is -2.30. The highest BCUT2D eigenvalue weighted by Gasteiger charge is 2.35. The van der Waals surface area contributed by atoms with Crippen molar-refractivity contribution in [1.82, 2.24) is 15.3 Å². The molecule has 1 amide bonds. The van der Waals surface area contributed by atoms with E-state index in [0.29, 0.717) is 43.4 Å². The molecule has 32 heavy (non-hydrogen) atoms. The van der Waals surface area contributed by atoms with Gasteiger partial charge < -0.3 is 29.5 Å². The molecule has 170 valence electrons. The third-order valence-corrected chi connectivity index (χ3v) is 5.28. The SMILES string of the molecule is COc1ccc(CNC(=O)c2cc(C3=NO[C@H]([C@H]4CO[C@H](CO)CO4)C3)nc(C)n2)cc1. The van der Waals surface area contributed by atoms with Gasteiger partial charge in [0.1, 0.15) is 35.2 Å². The maximum absolute atomic E-state index is 12.7. The lowest BCUT2D eigenvalue weighted by atomic mass is 10.0. The van der Waals surface area contributed by atoms with E-state index in [0.717, 1.165) is 11.3 Å². The number of ether oxygens (including phenoxy) is 3. The van der Waals surface area contributed by atoms with Gasteiger partial charge in [0.25, 0.3) is 5.91 Å². The largest absolute Gasteiger partial charge is 0.497 e. The Morgan fingerprint density at radius 3 is 2.69 bits per heavy atom. The number of aryl methyl sites for hydroxylation is 1. The van der Waals surface area contributed by atoms with Gasteiger partial charge in [-0.2, -0.15) is 0 Å². The van der Waals surface area contributed by atoms with Crippen molar-refractivity contribution < 1.29 is 28.9 Å². The molecular weight excluding hydrogens is 416 g/mol. The van der Waals surface area contributed by atoms with Crippen LogP contribution >= 0.6 is 0 Å². The number of carbonyl (C=O) groups excluding carboxylic acids is 1. The predicted octanol–water partition coefficient (Wildman–Crippen LogP) is 0.993. The zero-order valence-electron chi connectivity index (χ0n) is 18.0. The first-order valence-electron chi connectivity index (χ1n) is 10.4. The molecule has 0 spiro atoms. The molecule has 0 unspecified atom stereocenters. The second kappa shape index (κ2) is 10.0. The Hall–Kier alpha value is -3.08. The van der Waals surface area contributed by atoms with Crippen LogP contribution in [0.15, 0.2) is 35.5 Å². The fraction of sp³-hybridized carbons (Fsp3) is 0.455. The number of aliphatic hydroxyl groups excluding tert-OH is 1. The number of aromatic nitrogens is 2. The molecule has 1 aromatic carbocycles. The standard InChI is InChI=1S/C22H26N4O6/c1-13-24-17(18-8-20(32-26-18)21-12-30-16(10-27)11-31-21)7-19(25-13)22(28)23-9-14-3-5-15(29-2)6-4-14/h3-7,16,20-21,27H,8-12H2,1-2H3,(H,23,28)/t16-,20+,21-/m1/s1. The van der Waals surface area contributed by atoms with E-state index >= 15 is 0 Å². The number of rotatable bonds is 7. The van der Waals surface area contributed by atoms with Crippen molar-refractivity contribution in [3.63, 3.8) is 0 Å². The molecule has 10 heteroatoms. The summed E-state index contributed by atoms with van der Waals surface area (Å²) in [6.45, 7) is 2.64. The van der Waals surface area contributed by atoms with Crippen LogP contribution in [0.4, 0.5) is 0 Å². The molecule has 2 N–H and O–H groups in total. The third kappa shape index (κ3) is 5.21. The van der Waals surface area contributed by atoms with Crippen LogP contribution in [0.1, 0.15) is 34.0 Å². The number of hydrogen-bond acceptors (Lipinski definition) is 9. The van der Waals surface area contributed by atoms with E-state index in [-0.39, 0.29) is 36.5 Å². The average molecular weight is 442 g/mol. The molecule has 3 heterocycles. The summed E-state index contributed by atoms with van der Waals surface area (Å²) in [7, 11) is 1.61. The van der Waals surface area contributed by atoms with Gasteiger partial charge in [-0.3, -0.25) is 4.79 Å². The van der Waals surface area contributed by atoms with E-state index < -0.39 is 0 Å². The van der Waals surface area contributed by atoms with Crippen molar-refractivity contribution >= 4 is 11.6 Å². The van der Waals surface area contributed by atoms with E-state index in [1.165, 1.54) is 0 Å². The summed E-state index contributed by atoms with van der Waals surface area (Å²) >= 11 is 0. The lowest BCUT2D eigenvalue weighted by molar-refractivity contribution is -0.178. The highest BCUT2D eigenvalue weighted by molar-refractivity contribution is 6.02. The Bertz CT molecular complexity index is 973. The molecule has 1 saturated heterocycles. The topological polar surface area (TPSA) is 124 Å². The number of amides is 1. The fourth-order valence-electron chi connectivity index (χ4n) is 3.47. The van der Waals surface area contributed by atoms with Gasteiger partial charge in [-0.1, -0.05) is 17.3 Å². The van der Waals surface area contributed by atoms with Crippen LogP contribution in [0, 0.1) is 6.92 Å². The minimum Gasteiger partial charge on any atom is -0.497 e. The Balaban J connectivity index is 1.37. The summed E-state index contributed by atoms with van der Waals surface area (Å²) in [6.07, 6.45) is -0.431. The number of aliphatic hydroxyl groups is 1. The Labute approximate surface area is 185 Å². The molecule has 1 aromatic heterocycles. The van der Waals surface area contributed by atoms with E-state index in [9.17, 15) is 4.79 Å². The molecule has 0 bridgehead atoms.